The largest absolute Gasteiger partial charge is 0.473 e. The molecule has 5 rings (SSSR count). The van der Waals surface area contributed by atoms with Gasteiger partial charge in [0.25, 0.3) is 5.91 Å². The zero-order valence-corrected chi connectivity index (χ0v) is 18.6. The molecule has 3 aromatic rings. The van der Waals surface area contributed by atoms with Gasteiger partial charge in [-0.25, -0.2) is 4.98 Å². The van der Waals surface area contributed by atoms with Crippen molar-refractivity contribution in [3.05, 3.63) is 47.1 Å². The van der Waals surface area contributed by atoms with Crippen LogP contribution in [0.15, 0.2) is 36.5 Å². The molecule has 2 saturated heterocycles. The van der Waals surface area contributed by atoms with Gasteiger partial charge in [-0.05, 0) is 29.7 Å². The molecule has 2 aliphatic rings. The monoisotopic (exact) mass is 458 g/mol. The fraction of sp³-hybridized carbons (Fsp3) is 0.409. The van der Waals surface area contributed by atoms with Gasteiger partial charge in [0.05, 0.1) is 23.5 Å². The normalized spacial score (nSPS) is 17.8. The Bertz CT molecular complexity index is 1080. The third-order valence-electron chi connectivity index (χ3n) is 5.73. The quantitative estimate of drug-likeness (QED) is 0.591. The van der Waals surface area contributed by atoms with E-state index in [4.69, 9.17) is 21.1 Å². The van der Waals surface area contributed by atoms with E-state index < -0.39 is 0 Å². The van der Waals surface area contributed by atoms with E-state index in [1.54, 1.807) is 12.3 Å². The lowest BCUT2D eigenvalue weighted by Gasteiger charge is -2.35. The minimum atomic E-state index is -0.0604. The van der Waals surface area contributed by atoms with Crippen LogP contribution in [0.3, 0.4) is 0 Å². The van der Waals surface area contributed by atoms with Crippen LogP contribution in [0.1, 0.15) is 23.2 Å². The molecule has 31 heavy (non-hydrogen) atoms. The molecular weight excluding hydrogens is 436 g/mol. The van der Waals surface area contributed by atoms with Crippen molar-refractivity contribution in [2.24, 2.45) is 0 Å². The number of pyridine rings is 1. The molecule has 0 saturated carbocycles. The van der Waals surface area contributed by atoms with Gasteiger partial charge in [0.1, 0.15) is 16.9 Å². The van der Waals surface area contributed by atoms with Gasteiger partial charge in [-0.1, -0.05) is 23.7 Å². The highest BCUT2D eigenvalue weighted by Gasteiger charge is 2.25. The van der Waals surface area contributed by atoms with Gasteiger partial charge in [-0.15, -0.1) is 0 Å². The third kappa shape index (κ3) is 4.33. The van der Waals surface area contributed by atoms with E-state index in [2.05, 4.69) is 26.4 Å². The summed E-state index contributed by atoms with van der Waals surface area (Å²) in [5.74, 6) is 1.33. The number of anilines is 1. The molecule has 7 nitrogen and oxygen atoms in total. The number of hydrogen-bond acceptors (Lipinski definition) is 7. The van der Waals surface area contributed by atoms with E-state index in [0.717, 1.165) is 31.7 Å². The number of nitrogens with zero attached hydrogens (tertiary/aromatic N) is 4. The zero-order chi connectivity index (χ0) is 21.2. The highest BCUT2D eigenvalue weighted by Crippen LogP contribution is 2.30. The van der Waals surface area contributed by atoms with Crippen molar-refractivity contribution in [2.75, 3.05) is 44.3 Å². The van der Waals surface area contributed by atoms with Crippen LogP contribution >= 0.6 is 23.1 Å². The average Bonchev–Trinajstić information content (AvgIpc) is 3.25. The number of benzene rings is 1. The van der Waals surface area contributed by atoms with E-state index >= 15 is 0 Å². The number of rotatable bonds is 4. The molecule has 1 amide bonds. The number of fused-ring (bicyclic) bond motifs is 1. The number of ether oxygens (including phenoxy) is 2. The molecule has 9 heteroatoms. The summed E-state index contributed by atoms with van der Waals surface area (Å²) in [5.41, 5.74) is 0.483. The smallest absolute Gasteiger partial charge is 0.255 e. The zero-order valence-electron chi connectivity index (χ0n) is 17.0. The van der Waals surface area contributed by atoms with Crippen molar-refractivity contribution in [1.29, 1.82) is 0 Å². The van der Waals surface area contributed by atoms with Crippen LogP contribution in [0.25, 0.3) is 10.1 Å². The molecule has 2 aromatic heterocycles. The highest BCUT2D eigenvalue weighted by atomic mass is 35.5. The van der Waals surface area contributed by atoms with Crippen molar-refractivity contribution < 1.29 is 14.3 Å². The van der Waals surface area contributed by atoms with Crippen molar-refractivity contribution in [1.82, 2.24) is 14.3 Å². The molecule has 0 spiro atoms. The van der Waals surface area contributed by atoms with Crippen LogP contribution in [-0.2, 0) is 4.74 Å². The van der Waals surface area contributed by atoms with Crippen LogP contribution in [-0.4, -0.2) is 65.7 Å². The van der Waals surface area contributed by atoms with Crippen molar-refractivity contribution >= 4 is 44.9 Å². The lowest BCUT2D eigenvalue weighted by molar-refractivity contribution is 0.0238. The summed E-state index contributed by atoms with van der Waals surface area (Å²) in [7, 11) is 0. The summed E-state index contributed by atoms with van der Waals surface area (Å²) < 4.78 is 17.1. The number of hydrogen-bond donors (Lipinski definition) is 0. The third-order valence-corrected chi connectivity index (χ3v) is 6.81. The average molecular weight is 459 g/mol. The second-order valence-electron chi connectivity index (χ2n) is 7.72. The Morgan fingerprint density at radius 1 is 1.16 bits per heavy atom. The number of carbonyl (C=O) groups is 1. The van der Waals surface area contributed by atoms with E-state index in [0.29, 0.717) is 42.8 Å². The number of piperazine rings is 1. The molecule has 0 atom stereocenters. The first-order valence-corrected chi connectivity index (χ1v) is 11.6. The second kappa shape index (κ2) is 8.98. The van der Waals surface area contributed by atoms with Crippen LogP contribution in [0.2, 0.25) is 5.02 Å². The lowest BCUT2D eigenvalue weighted by atomic mass is 10.1. The van der Waals surface area contributed by atoms with Gasteiger partial charge in [0.15, 0.2) is 0 Å². The Hall–Kier alpha value is -2.42. The van der Waals surface area contributed by atoms with Crippen molar-refractivity contribution in [3.8, 4) is 5.88 Å². The first-order chi connectivity index (χ1) is 15.2. The molecule has 162 valence electrons. The topological polar surface area (TPSA) is 67.8 Å². The Morgan fingerprint density at radius 3 is 2.71 bits per heavy atom. The summed E-state index contributed by atoms with van der Waals surface area (Å²) in [4.78, 5) is 21.4. The molecule has 1 aromatic carbocycles. The summed E-state index contributed by atoms with van der Waals surface area (Å²) in [6.07, 6.45) is 3.24. The molecular formula is C22H23ClN4O3S. The molecule has 2 aliphatic heterocycles. The molecule has 0 bridgehead atoms. The van der Waals surface area contributed by atoms with Crippen molar-refractivity contribution in [2.45, 2.75) is 18.9 Å². The van der Waals surface area contributed by atoms with Gasteiger partial charge in [0.2, 0.25) is 5.88 Å². The van der Waals surface area contributed by atoms with Crippen LogP contribution in [0.5, 0.6) is 5.88 Å². The van der Waals surface area contributed by atoms with E-state index in [1.165, 1.54) is 21.6 Å². The van der Waals surface area contributed by atoms with Crippen LogP contribution in [0, 0.1) is 0 Å². The molecule has 4 heterocycles. The molecule has 0 N–H and O–H groups in total. The Labute approximate surface area is 189 Å². The summed E-state index contributed by atoms with van der Waals surface area (Å²) in [5, 5.41) is 1.54. The molecule has 0 aliphatic carbocycles. The predicted octanol–water partition coefficient (Wildman–Crippen LogP) is 3.86. The Morgan fingerprint density at radius 2 is 1.94 bits per heavy atom. The van der Waals surface area contributed by atoms with E-state index in [1.807, 2.05) is 17.0 Å². The lowest BCUT2D eigenvalue weighted by Crippen LogP contribution is -2.49. The Kier molecular flexibility index (Phi) is 5.93. The van der Waals surface area contributed by atoms with Gasteiger partial charge in [0, 0.05) is 50.6 Å². The number of halogens is 1. The number of aromatic nitrogens is 2. The molecule has 0 radical (unpaired) electrons. The summed E-state index contributed by atoms with van der Waals surface area (Å²) in [6, 6.07) is 9.91. The van der Waals surface area contributed by atoms with Gasteiger partial charge >= 0.3 is 0 Å². The summed E-state index contributed by atoms with van der Waals surface area (Å²) in [6.45, 7) is 4.10. The van der Waals surface area contributed by atoms with Crippen molar-refractivity contribution in [3.63, 3.8) is 0 Å². The minimum absolute atomic E-state index is 0.0511. The number of amides is 1. The van der Waals surface area contributed by atoms with Crippen LogP contribution < -0.4 is 9.64 Å². The van der Waals surface area contributed by atoms with Gasteiger partial charge < -0.3 is 19.3 Å². The standard InChI is InChI=1S/C22H23ClN4O3S/c23-18-13-15(14-24-21(18)30-16-5-11-29-12-6-16)22(28)27-9-7-26(8-10-27)20-17-3-1-2-4-19(17)31-25-20/h1-4,13-14,16H,5-12H2. The highest BCUT2D eigenvalue weighted by molar-refractivity contribution is 7.13. The van der Waals surface area contributed by atoms with Gasteiger partial charge in [-0.2, -0.15) is 4.37 Å². The fourth-order valence-corrected chi connectivity index (χ4v) is 4.99. The molecule has 2 fully saturated rings. The predicted molar refractivity (Wildman–Crippen MR) is 121 cm³/mol. The number of carbonyl (C=O) groups excluding carboxylic acids is 1. The first kappa shape index (κ1) is 20.5. The van der Waals surface area contributed by atoms with Gasteiger partial charge in [-0.3, -0.25) is 4.79 Å². The van der Waals surface area contributed by atoms with E-state index in [-0.39, 0.29) is 12.0 Å². The van der Waals surface area contributed by atoms with Crippen LogP contribution in [0.4, 0.5) is 5.82 Å². The first-order valence-electron chi connectivity index (χ1n) is 10.5. The second-order valence-corrected chi connectivity index (χ2v) is 8.93. The maximum absolute atomic E-state index is 13.0. The minimum Gasteiger partial charge on any atom is -0.473 e. The fourth-order valence-electron chi connectivity index (χ4n) is 3.99. The summed E-state index contributed by atoms with van der Waals surface area (Å²) >= 11 is 7.89. The maximum Gasteiger partial charge on any atom is 0.255 e. The maximum atomic E-state index is 13.0. The molecule has 0 unspecified atom stereocenters. The SMILES string of the molecule is O=C(c1cnc(OC2CCOCC2)c(Cl)c1)N1CCN(c2nsc3ccccc23)CC1. The van der Waals surface area contributed by atoms with E-state index in [9.17, 15) is 4.79 Å². The Balaban J connectivity index is 1.22.